The third-order valence-corrected chi connectivity index (χ3v) is 4.76. The molecule has 1 atom stereocenters. The van der Waals surface area contributed by atoms with Crippen LogP contribution in [0.5, 0.6) is 5.75 Å². The number of esters is 2. The van der Waals surface area contributed by atoms with Crippen LogP contribution in [0.25, 0.3) is 0 Å². The maximum Gasteiger partial charge on any atom is 0.343 e. The quantitative estimate of drug-likeness (QED) is 0.507. The number of aryl methyl sites for hydroxylation is 2. The van der Waals surface area contributed by atoms with Gasteiger partial charge >= 0.3 is 11.9 Å². The van der Waals surface area contributed by atoms with Crippen molar-refractivity contribution in [3.05, 3.63) is 64.2 Å². The Morgan fingerprint density at radius 2 is 1.64 bits per heavy atom. The largest absolute Gasteiger partial charge is 0.466 e. The van der Waals surface area contributed by atoms with Crippen LogP contribution < -0.4 is 4.74 Å². The monoisotopic (exact) mass is 382 g/mol. The van der Waals surface area contributed by atoms with E-state index in [-0.39, 0.29) is 11.4 Å². The summed E-state index contributed by atoms with van der Waals surface area (Å²) < 4.78 is 11.0. The molecule has 0 fully saturated rings. The highest BCUT2D eigenvalue weighted by molar-refractivity contribution is 5.92. The molecule has 4 nitrogen and oxygen atoms in total. The zero-order chi connectivity index (χ0) is 21.1. The molecular formula is C24H30O4. The molecular weight excluding hydrogens is 352 g/mol. The predicted molar refractivity (Wildman–Crippen MR) is 111 cm³/mol. The normalized spacial score (nSPS) is 12.4. The summed E-state index contributed by atoms with van der Waals surface area (Å²) in [6, 6.07) is 11.2. The Morgan fingerprint density at radius 1 is 1.04 bits per heavy atom. The van der Waals surface area contributed by atoms with Gasteiger partial charge in [0.15, 0.2) is 0 Å². The second-order valence-corrected chi connectivity index (χ2v) is 8.19. The maximum absolute atomic E-state index is 12.7. The van der Waals surface area contributed by atoms with Crippen LogP contribution in [0.15, 0.2) is 36.4 Å². The molecule has 0 aliphatic heterocycles. The Hall–Kier alpha value is -2.62. The summed E-state index contributed by atoms with van der Waals surface area (Å²) in [5.74, 6) is -0.884. The molecule has 0 radical (unpaired) electrons. The summed E-state index contributed by atoms with van der Waals surface area (Å²) in [4.78, 5) is 25.1. The number of carbonyl (C=O) groups excluding carboxylic acids is 2. The fourth-order valence-corrected chi connectivity index (χ4v) is 2.93. The fraction of sp³-hybridized carbons (Fsp3) is 0.417. The van der Waals surface area contributed by atoms with Crippen molar-refractivity contribution in [3.63, 3.8) is 0 Å². The highest BCUT2D eigenvalue weighted by Crippen LogP contribution is 2.36. The first-order valence-corrected chi connectivity index (χ1v) is 9.65. The summed E-state index contributed by atoms with van der Waals surface area (Å²) >= 11 is 0. The molecule has 1 unspecified atom stereocenters. The summed E-state index contributed by atoms with van der Waals surface area (Å²) in [6.45, 7) is 14.1. The SMILES string of the molecule is CCOC(=O)C(C)c1cc(C(C)(C)C)cc(C)c1OC(=O)c1ccc(C)cc1. The zero-order valence-corrected chi connectivity index (χ0v) is 17.9. The number of benzene rings is 2. The molecule has 4 heteroatoms. The van der Waals surface area contributed by atoms with Crippen molar-refractivity contribution in [1.82, 2.24) is 0 Å². The van der Waals surface area contributed by atoms with Gasteiger partial charge < -0.3 is 9.47 Å². The van der Waals surface area contributed by atoms with E-state index < -0.39 is 11.9 Å². The number of hydrogen-bond donors (Lipinski definition) is 0. The molecule has 2 rings (SSSR count). The predicted octanol–water partition coefficient (Wildman–Crippen LogP) is 5.49. The van der Waals surface area contributed by atoms with Gasteiger partial charge in [0.2, 0.25) is 0 Å². The van der Waals surface area contributed by atoms with Crippen LogP contribution >= 0.6 is 0 Å². The summed E-state index contributed by atoms with van der Waals surface area (Å²) in [5, 5.41) is 0. The molecule has 0 bridgehead atoms. The van der Waals surface area contributed by atoms with Gasteiger partial charge in [-0.3, -0.25) is 4.79 Å². The van der Waals surface area contributed by atoms with E-state index >= 15 is 0 Å². The van der Waals surface area contributed by atoms with Crippen LogP contribution in [0.1, 0.15) is 73.1 Å². The highest BCUT2D eigenvalue weighted by atomic mass is 16.5. The van der Waals surface area contributed by atoms with Crippen molar-refractivity contribution in [1.29, 1.82) is 0 Å². The van der Waals surface area contributed by atoms with Crippen molar-refractivity contribution in [2.75, 3.05) is 6.61 Å². The summed E-state index contributed by atoms with van der Waals surface area (Å²) in [5.41, 5.74) is 4.00. The Balaban J connectivity index is 2.50. The van der Waals surface area contributed by atoms with Crippen LogP contribution in [0, 0.1) is 13.8 Å². The minimum absolute atomic E-state index is 0.104. The Kier molecular flexibility index (Phi) is 6.65. The molecule has 0 heterocycles. The molecule has 0 aliphatic rings. The van der Waals surface area contributed by atoms with Gasteiger partial charge in [-0.1, -0.05) is 50.6 Å². The lowest BCUT2D eigenvalue weighted by molar-refractivity contribution is -0.144. The van der Waals surface area contributed by atoms with Gasteiger partial charge in [-0.15, -0.1) is 0 Å². The lowest BCUT2D eigenvalue weighted by atomic mass is 9.83. The van der Waals surface area contributed by atoms with E-state index in [2.05, 4.69) is 20.8 Å². The van der Waals surface area contributed by atoms with Gasteiger partial charge in [0.1, 0.15) is 5.75 Å². The summed E-state index contributed by atoms with van der Waals surface area (Å²) in [6.07, 6.45) is 0. The average Bonchev–Trinajstić information content (AvgIpc) is 2.62. The van der Waals surface area contributed by atoms with E-state index in [0.717, 1.165) is 16.7 Å². The van der Waals surface area contributed by atoms with E-state index in [0.29, 0.717) is 23.5 Å². The smallest absolute Gasteiger partial charge is 0.343 e. The lowest BCUT2D eigenvalue weighted by Gasteiger charge is -2.24. The molecule has 0 spiro atoms. The summed E-state index contributed by atoms with van der Waals surface area (Å²) in [7, 11) is 0. The van der Waals surface area contributed by atoms with E-state index in [1.807, 2.05) is 38.1 Å². The third-order valence-electron chi connectivity index (χ3n) is 4.76. The second-order valence-electron chi connectivity index (χ2n) is 8.19. The van der Waals surface area contributed by atoms with Crippen molar-refractivity contribution in [2.45, 2.75) is 59.8 Å². The number of hydrogen-bond acceptors (Lipinski definition) is 4. The molecule has 150 valence electrons. The number of carbonyl (C=O) groups is 2. The van der Waals surface area contributed by atoms with Gasteiger partial charge in [-0.25, -0.2) is 4.79 Å². The van der Waals surface area contributed by atoms with Crippen molar-refractivity contribution in [3.8, 4) is 5.75 Å². The molecule has 0 saturated carbocycles. The minimum atomic E-state index is -0.540. The molecule has 0 amide bonds. The van der Waals surface area contributed by atoms with E-state index in [1.165, 1.54) is 0 Å². The van der Waals surface area contributed by atoms with Crippen LogP contribution in [-0.4, -0.2) is 18.5 Å². The van der Waals surface area contributed by atoms with Gasteiger partial charge in [0.25, 0.3) is 0 Å². The lowest BCUT2D eigenvalue weighted by Crippen LogP contribution is -2.19. The standard InChI is InChI=1S/C24H30O4/c1-8-27-22(25)17(4)20-14-19(24(5,6)7)13-16(3)21(20)28-23(26)18-11-9-15(2)10-12-18/h9-14,17H,8H2,1-7H3. The van der Waals surface area contributed by atoms with Gasteiger partial charge in [-0.05, 0) is 56.4 Å². The van der Waals surface area contributed by atoms with Crippen molar-refractivity contribution < 1.29 is 19.1 Å². The average molecular weight is 383 g/mol. The molecule has 2 aromatic carbocycles. The number of rotatable bonds is 5. The zero-order valence-electron chi connectivity index (χ0n) is 17.9. The molecule has 28 heavy (non-hydrogen) atoms. The first kappa shape index (κ1) is 21.7. The van der Waals surface area contributed by atoms with Crippen molar-refractivity contribution >= 4 is 11.9 Å². The highest BCUT2D eigenvalue weighted by Gasteiger charge is 2.26. The topological polar surface area (TPSA) is 52.6 Å². The van der Waals surface area contributed by atoms with Crippen LogP contribution in [-0.2, 0) is 14.9 Å². The second kappa shape index (κ2) is 8.59. The first-order chi connectivity index (χ1) is 13.0. The van der Waals surface area contributed by atoms with Gasteiger partial charge in [0.05, 0.1) is 18.1 Å². The Labute approximate surface area is 167 Å². The molecule has 0 N–H and O–H groups in total. The number of ether oxygens (including phenoxy) is 2. The Morgan fingerprint density at radius 3 is 2.18 bits per heavy atom. The van der Waals surface area contributed by atoms with Crippen LogP contribution in [0.3, 0.4) is 0 Å². The molecule has 0 aliphatic carbocycles. The minimum Gasteiger partial charge on any atom is -0.466 e. The van der Waals surface area contributed by atoms with Gasteiger partial charge in [0, 0.05) is 5.56 Å². The van der Waals surface area contributed by atoms with Crippen LogP contribution in [0.4, 0.5) is 0 Å². The molecule has 2 aromatic rings. The molecule has 0 saturated heterocycles. The van der Waals surface area contributed by atoms with Gasteiger partial charge in [-0.2, -0.15) is 0 Å². The van der Waals surface area contributed by atoms with E-state index in [4.69, 9.17) is 9.47 Å². The van der Waals surface area contributed by atoms with Crippen LogP contribution in [0.2, 0.25) is 0 Å². The maximum atomic E-state index is 12.7. The third kappa shape index (κ3) is 5.00. The van der Waals surface area contributed by atoms with Crippen molar-refractivity contribution in [2.24, 2.45) is 0 Å². The van der Waals surface area contributed by atoms with E-state index in [9.17, 15) is 9.59 Å². The first-order valence-electron chi connectivity index (χ1n) is 9.65. The fourth-order valence-electron chi connectivity index (χ4n) is 2.93. The van der Waals surface area contributed by atoms with E-state index in [1.54, 1.807) is 26.0 Å². The molecule has 0 aromatic heterocycles. The Bertz CT molecular complexity index is 857.